The number of ether oxygens (including phenoxy) is 1. The SMILES string of the molecule is COc1cc(Br)ccc1C(Cl)c1ccc(Cl)s1. The van der Waals surface area contributed by atoms with Crippen molar-refractivity contribution < 1.29 is 4.74 Å². The quantitative estimate of drug-likeness (QED) is 0.663. The molecule has 0 aliphatic heterocycles. The van der Waals surface area contributed by atoms with Gasteiger partial charge in [-0.25, -0.2) is 0 Å². The largest absolute Gasteiger partial charge is 0.496 e. The van der Waals surface area contributed by atoms with Crippen molar-refractivity contribution in [1.29, 1.82) is 0 Å². The molecule has 0 aliphatic rings. The molecule has 0 fully saturated rings. The van der Waals surface area contributed by atoms with Crippen molar-refractivity contribution in [2.75, 3.05) is 7.11 Å². The standard InChI is InChI=1S/C12H9BrCl2OS/c1-16-9-6-7(13)2-3-8(9)12(15)10-4-5-11(14)17-10/h2-6,12H,1H3. The maximum Gasteiger partial charge on any atom is 0.125 e. The van der Waals surface area contributed by atoms with Crippen LogP contribution in [0, 0.1) is 0 Å². The van der Waals surface area contributed by atoms with Gasteiger partial charge in [0.2, 0.25) is 0 Å². The van der Waals surface area contributed by atoms with Crippen molar-refractivity contribution in [3.05, 3.63) is 49.6 Å². The molecule has 0 spiro atoms. The molecule has 5 heteroatoms. The van der Waals surface area contributed by atoms with Crippen LogP contribution >= 0.6 is 50.5 Å². The molecule has 0 aliphatic carbocycles. The zero-order valence-corrected chi connectivity index (χ0v) is 12.8. The Morgan fingerprint density at radius 1 is 1.29 bits per heavy atom. The van der Waals surface area contributed by atoms with E-state index < -0.39 is 0 Å². The minimum absolute atomic E-state index is 0.240. The first kappa shape index (κ1) is 13.2. The lowest BCUT2D eigenvalue weighted by molar-refractivity contribution is 0.410. The van der Waals surface area contributed by atoms with Crippen LogP contribution in [0.25, 0.3) is 0 Å². The van der Waals surface area contributed by atoms with Crippen molar-refractivity contribution in [3.63, 3.8) is 0 Å². The highest BCUT2D eigenvalue weighted by Crippen LogP contribution is 2.40. The van der Waals surface area contributed by atoms with Crippen LogP contribution in [-0.4, -0.2) is 7.11 Å². The van der Waals surface area contributed by atoms with Crippen molar-refractivity contribution >= 4 is 50.5 Å². The Kier molecular flexibility index (Phi) is 4.36. The van der Waals surface area contributed by atoms with Crippen LogP contribution in [0.15, 0.2) is 34.8 Å². The van der Waals surface area contributed by atoms with Gasteiger partial charge in [-0.15, -0.1) is 22.9 Å². The number of hydrogen-bond donors (Lipinski definition) is 0. The number of alkyl halides is 1. The van der Waals surface area contributed by atoms with E-state index in [1.54, 1.807) is 7.11 Å². The molecule has 0 amide bonds. The van der Waals surface area contributed by atoms with Gasteiger partial charge in [-0.2, -0.15) is 0 Å². The monoisotopic (exact) mass is 350 g/mol. The summed E-state index contributed by atoms with van der Waals surface area (Å²) in [5.74, 6) is 0.767. The van der Waals surface area contributed by atoms with Gasteiger partial charge in [0.1, 0.15) is 5.75 Å². The second kappa shape index (κ2) is 5.61. The number of hydrogen-bond acceptors (Lipinski definition) is 2. The Morgan fingerprint density at radius 2 is 2.06 bits per heavy atom. The van der Waals surface area contributed by atoms with E-state index in [-0.39, 0.29) is 5.38 Å². The van der Waals surface area contributed by atoms with Gasteiger partial charge in [-0.3, -0.25) is 0 Å². The van der Waals surface area contributed by atoms with Gasteiger partial charge in [0, 0.05) is 14.9 Å². The van der Waals surface area contributed by atoms with Crippen LogP contribution < -0.4 is 4.74 Å². The molecule has 0 N–H and O–H groups in total. The Balaban J connectivity index is 2.39. The zero-order chi connectivity index (χ0) is 12.4. The summed E-state index contributed by atoms with van der Waals surface area (Å²) in [4.78, 5) is 1.01. The maximum absolute atomic E-state index is 6.44. The molecule has 0 radical (unpaired) electrons. The fourth-order valence-corrected chi connectivity index (χ4v) is 3.30. The molecule has 1 nitrogen and oxygen atoms in total. The van der Waals surface area contributed by atoms with E-state index in [0.717, 1.165) is 25.0 Å². The van der Waals surface area contributed by atoms with E-state index in [0.29, 0.717) is 0 Å². The predicted molar refractivity (Wildman–Crippen MR) is 77.7 cm³/mol. The third kappa shape index (κ3) is 2.97. The molecule has 90 valence electrons. The third-order valence-corrected chi connectivity index (χ3v) is 4.70. The highest BCUT2D eigenvalue weighted by molar-refractivity contribution is 9.10. The van der Waals surface area contributed by atoms with Gasteiger partial charge in [-0.1, -0.05) is 33.6 Å². The van der Waals surface area contributed by atoms with Crippen molar-refractivity contribution in [3.8, 4) is 5.75 Å². The summed E-state index contributed by atoms with van der Waals surface area (Å²) in [5, 5.41) is -0.240. The molecular weight excluding hydrogens is 343 g/mol. The molecule has 1 aromatic heterocycles. The Hall–Kier alpha value is -0.220. The average molecular weight is 352 g/mol. The summed E-state index contributed by atoms with van der Waals surface area (Å²) >= 11 is 17.2. The van der Waals surface area contributed by atoms with E-state index in [1.807, 2.05) is 30.3 Å². The Labute approximate surface area is 122 Å². The first-order valence-electron chi connectivity index (χ1n) is 4.84. The number of benzene rings is 1. The fraction of sp³-hybridized carbons (Fsp3) is 0.167. The van der Waals surface area contributed by atoms with Crippen LogP contribution in [0.4, 0.5) is 0 Å². The van der Waals surface area contributed by atoms with Crippen LogP contribution in [0.1, 0.15) is 15.8 Å². The third-order valence-electron chi connectivity index (χ3n) is 2.31. The lowest BCUT2D eigenvalue weighted by Crippen LogP contribution is -1.95. The molecule has 1 unspecified atom stereocenters. The molecule has 1 heterocycles. The molecular formula is C12H9BrCl2OS. The zero-order valence-electron chi connectivity index (χ0n) is 8.91. The van der Waals surface area contributed by atoms with Crippen molar-refractivity contribution in [2.45, 2.75) is 5.38 Å². The van der Waals surface area contributed by atoms with Crippen LogP contribution in [0.5, 0.6) is 5.75 Å². The topological polar surface area (TPSA) is 9.23 Å². The molecule has 0 bridgehead atoms. The first-order valence-corrected chi connectivity index (χ1v) is 7.27. The van der Waals surface area contributed by atoms with Crippen LogP contribution in [-0.2, 0) is 0 Å². The molecule has 17 heavy (non-hydrogen) atoms. The lowest BCUT2D eigenvalue weighted by Gasteiger charge is -2.13. The molecule has 1 aromatic carbocycles. The summed E-state index contributed by atoms with van der Waals surface area (Å²) < 4.78 is 7.03. The smallest absolute Gasteiger partial charge is 0.125 e. The highest BCUT2D eigenvalue weighted by Gasteiger charge is 2.17. The minimum atomic E-state index is -0.240. The van der Waals surface area contributed by atoms with Crippen LogP contribution in [0.3, 0.4) is 0 Å². The highest BCUT2D eigenvalue weighted by atomic mass is 79.9. The Morgan fingerprint density at radius 3 is 2.65 bits per heavy atom. The predicted octanol–water partition coefficient (Wildman–Crippen LogP) is 5.50. The van der Waals surface area contributed by atoms with Gasteiger partial charge in [0.05, 0.1) is 16.8 Å². The van der Waals surface area contributed by atoms with E-state index in [2.05, 4.69) is 15.9 Å². The number of methoxy groups -OCH3 is 1. The molecule has 2 aromatic rings. The summed E-state index contributed by atoms with van der Waals surface area (Å²) in [6.45, 7) is 0. The molecule has 2 rings (SSSR count). The minimum Gasteiger partial charge on any atom is -0.496 e. The number of thiophene rings is 1. The molecule has 0 saturated carbocycles. The summed E-state index contributed by atoms with van der Waals surface area (Å²) in [7, 11) is 1.64. The summed E-state index contributed by atoms with van der Waals surface area (Å²) in [6.07, 6.45) is 0. The fourth-order valence-electron chi connectivity index (χ4n) is 1.51. The molecule has 1 atom stereocenters. The summed E-state index contributed by atoms with van der Waals surface area (Å²) in [5.41, 5.74) is 0.941. The average Bonchev–Trinajstić information content (AvgIpc) is 2.75. The molecule has 0 saturated heterocycles. The van der Waals surface area contributed by atoms with Gasteiger partial charge in [-0.05, 0) is 24.3 Å². The van der Waals surface area contributed by atoms with Crippen molar-refractivity contribution in [2.24, 2.45) is 0 Å². The van der Waals surface area contributed by atoms with Gasteiger partial charge >= 0.3 is 0 Å². The van der Waals surface area contributed by atoms with E-state index >= 15 is 0 Å². The van der Waals surface area contributed by atoms with Crippen LogP contribution in [0.2, 0.25) is 4.34 Å². The normalized spacial score (nSPS) is 12.5. The second-order valence-electron chi connectivity index (χ2n) is 3.39. The number of halogens is 3. The summed E-state index contributed by atoms with van der Waals surface area (Å²) in [6, 6.07) is 9.59. The Bertz CT molecular complexity index is 527. The second-order valence-corrected chi connectivity index (χ2v) is 6.49. The van der Waals surface area contributed by atoms with Gasteiger partial charge < -0.3 is 4.74 Å². The van der Waals surface area contributed by atoms with E-state index in [1.165, 1.54) is 11.3 Å². The van der Waals surface area contributed by atoms with E-state index in [9.17, 15) is 0 Å². The van der Waals surface area contributed by atoms with Gasteiger partial charge in [0.15, 0.2) is 0 Å². The lowest BCUT2D eigenvalue weighted by atomic mass is 10.1. The van der Waals surface area contributed by atoms with Gasteiger partial charge in [0.25, 0.3) is 0 Å². The first-order chi connectivity index (χ1) is 8.11. The van der Waals surface area contributed by atoms with E-state index in [4.69, 9.17) is 27.9 Å². The number of rotatable bonds is 3. The maximum atomic E-state index is 6.44. The van der Waals surface area contributed by atoms with Crippen molar-refractivity contribution in [1.82, 2.24) is 0 Å².